The number of nitrogens with two attached hydrogens (primary N) is 1. The van der Waals surface area contributed by atoms with Gasteiger partial charge in [0.1, 0.15) is 11.9 Å². The molecule has 0 saturated heterocycles. The molecule has 2 N–H and O–H groups in total. The van der Waals surface area contributed by atoms with Gasteiger partial charge >= 0.3 is 0 Å². The number of hydrogen-bond acceptors (Lipinski definition) is 3. The van der Waals surface area contributed by atoms with E-state index < -0.39 is 0 Å². The molecular weight excluding hydrogens is 329 g/mol. The van der Waals surface area contributed by atoms with Crippen molar-refractivity contribution in [2.75, 3.05) is 12.8 Å². The quantitative estimate of drug-likeness (QED) is 0.675. The van der Waals surface area contributed by atoms with Crippen molar-refractivity contribution in [2.24, 2.45) is 0 Å². The highest BCUT2D eigenvalue weighted by atomic mass is 127. The van der Waals surface area contributed by atoms with Crippen LogP contribution in [0.25, 0.3) is 0 Å². The third kappa shape index (κ3) is 3.48. The van der Waals surface area contributed by atoms with Crippen LogP contribution in [0.3, 0.4) is 0 Å². The molecule has 1 saturated carbocycles. The van der Waals surface area contributed by atoms with Crippen LogP contribution >= 0.6 is 22.6 Å². The van der Waals surface area contributed by atoms with Gasteiger partial charge in [0.15, 0.2) is 0 Å². The van der Waals surface area contributed by atoms with Gasteiger partial charge in [0, 0.05) is 19.2 Å². The maximum absolute atomic E-state index is 6.03. The van der Waals surface area contributed by atoms with Crippen molar-refractivity contribution in [3.8, 4) is 5.75 Å². The zero-order valence-corrected chi connectivity index (χ0v) is 12.1. The second kappa shape index (κ2) is 5.91. The largest absolute Gasteiger partial charge is 0.489 e. The molecule has 17 heavy (non-hydrogen) atoms. The topological polar surface area (TPSA) is 44.5 Å². The molecule has 2 rings (SSSR count). The number of benzene rings is 1. The van der Waals surface area contributed by atoms with E-state index in [2.05, 4.69) is 22.6 Å². The van der Waals surface area contributed by atoms with Gasteiger partial charge in [-0.2, -0.15) is 0 Å². The SMILES string of the molecule is COC1CCCC(Oc2ccc(N)cc2I)C1. The standard InChI is InChI=1S/C13H18INO2/c1-16-10-3-2-4-11(8-10)17-13-6-5-9(15)7-12(13)14/h5-7,10-11H,2-4,8,15H2,1H3. The molecule has 94 valence electrons. The normalized spacial score (nSPS) is 24.6. The Kier molecular flexibility index (Phi) is 4.50. The fourth-order valence-corrected chi connectivity index (χ4v) is 2.88. The highest BCUT2D eigenvalue weighted by Gasteiger charge is 2.23. The van der Waals surface area contributed by atoms with Crippen LogP contribution in [0.4, 0.5) is 5.69 Å². The maximum atomic E-state index is 6.03. The van der Waals surface area contributed by atoms with Gasteiger partial charge in [-0.05, 0) is 60.1 Å². The molecule has 1 aliphatic rings. The monoisotopic (exact) mass is 347 g/mol. The van der Waals surface area contributed by atoms with E-state index >= 15 is 0 Å². The number of hydrogen-bond donors (Lipinski definition) is 1. The van der Waals surface area contributed by atoms with Gasteiger partial charge in [0.05, 0.1) is 9.67 Å². The van der Waals surface area contributed by atoms with Gasteiger partial charge in [-0.3, -0.25) is 0 Å². The number of nitrogen functional groups attached to an aromatic ring is 1. The van der Waals surface area contributed by atoms with E-state index in [1.54, 1.807) is 7.11 Å². The van der Waals surface area contributed by atoms with Gasteiger partial charge < -0.3 is 15.2 Å². The fraction of sp³-hybridized carbons (Fsp3) is 0.538. The summed E-state index contributed by atoms with van der Waals surface area (Å²) in [5.74, 6) is 0.932. The van der Waals surface area contributed by atoms with Crippen molar-refractivity contribution in [3.05, 3.63) is 21.8 Å². The molecule has 1 aromatic rings. The average molecular weight is 347 g/mol. The van der Waals surface area contributed by atoms with Crippen LogP contribution in [0, 0.1) is 3.57 Å². The lowest BCUT2D eigenvalue weighted by atomic mass is 9.95. The van der Waals surface area contributed by atoms with Crippen LogP contribution < -0.4 is 10.5 Å². The summed E-state index contributed by atoms with van der Waals surface area (Å²) in [5, 5.41) is 0. The molecule has 0 radical (unpaired) electrons. The van der Waals surface area contributed by atoms with Gasteiger partial charge in [-0.25, -0.2) is 0 Å². The summed E-state index contributed by atoms with van der Waals surface area (Å²) < 4.78 is 12.5. The van der Waals surface area contributed by atoms with E-state index in [9.17, 15) is 0 Å². The van der Waals surface area contributed by atoms with E-state index in [-0.39, 0.29) is 6.10 Å². The Morgan fingerprint density at radius 1 is 1.29 bits per heavy atom. The van der Waals surface area contributed by atoms with E-state index in [4.69, 9.17) is 15.2 Å². The molecule has 2 unspecified atom stereocenters. The van der Waals surface area contributed by atoms with Crippen molar-refractivity contribution < 1.29 is 9.47 Å². The molecule has 1 aromatic carbocycles. The Labute approximate surface area is 116 Å². The minimum absolute atomic E-state index is 0.269. The number of methoxy groups -OCH3 is 1. The molecule has 0 heterocycles. The lowest BCUT2D eigenvalue weighted by molar-refractivity contribution is 0.0207. The predicted molar refractivity (Wildman–Crippen MR) is 77.3 cm³/mol. The van der Waals surface area contributed by atoms with Crippen molar-refractivity contribution in [1.29, 1.82) is 0 Å². The first-order valence-corrected chi connectivity index (χ1v) is 7.01. The summed E-state index contributed by atoms with van der Waals surface area (Å²) in [6, 6.07) is 5.77. The second-order valence-corrected chi connectivity index (χ2v) is 5.62. The van der Waals surface area contributed by atoms with Gasteiger partial charge in [0.2, 0.25) is 0 Å². The highest BCUT2D eigenvalue weighted by Crippen LogP contribution is 2.29. The summed E-state index contributed by atoms with van der Waals surface area (Å²) in [7, 11) is 1.78. The van der Waals surface area contributed by atoms with Crippen LogP contribution in [-0.4, -0.2) is 19.3 Å². The molecule has 2 atom stereocenters. The molecule has 0 aliphatic heterocycles. The highest BCUT2D eigenvalue weighted by molar-refractivity contribution is 14.1. The molecule has 0 bridgehead atoms. The first-order valence-electron chi connectivity index (χ1n) is 5.93. The Balaban J connectivity index is 2.00. The minimum Gasteiger partial charge on any atom is -0.489 e. The number of ether oxygens (including phenoxy) is 2. The van der Waals surface area contributed by atoms with Gasteiger partial charge in [-0.15, -0.1) is 0 Å². The van der Waals surface area contributed by atoms with E-state index in [0.717, 1.165) is 34.3 Å². The smallest absolute Gasteiger partial charge is 0.133 e. The van der Waals surface area contributed by atoms with Crippen LogP contribution in [0.5, 0.6) is 5.75 Å². The Morgan fingerprint density at radius 2 is 2.06 bits per heavy atom. The Hall–Kier alpha value is -0.490. The minimum atomic E-state index is 0.269. The van der Waals surface area contributed by atoms with Crippen molar-refractivity contribution in [3.63, 3.8) is 0 Å². The van der Waals surface area contributed by atoms with E-state index in [1.807, 2.05) is 18.2 Å². The molecule has 3 nitrogen and oxygen atoms in total. The predicted octanol–water partition coefficient (Wildman–Crippen LogP) is 3.21. The first-order chi connectivity index (χ1) is 8.19. The van der Waals surface area contributed by atoms with E-state index in [1.165, 1.54) is 6.42 Å². The summed E-state index contributed by atoms with van der Waals surface area (Å²) in [6.45, 7) is 0. The molecule has 0 aromatic heterocycles. The Morgan fingerprint density at radius 3 is 2.76 bits per heavy atom. The fourth-order valence-electron chi connectivity index (χ4n) is 2.22. The average Bonchev–Trinajstić information content (AvgIpc) is 2.33. The van der Waals surface area contributed by atoms with Crippen LogP contribution in [0.2, 0.25) is 0 Å². The molecule has 0 amide bonds. The summed E-state index contributed by atoms with van der Waals surface area (Å²) >= 11 is 2.26. The third-order valence-electron chi connectivity index (χ3n) is 3.16. The van der Waals surface area contributed by atoms with Crippen molar-refractivity contribution in [2.45, 2.75) is 37.9 Å². The number of rotatable bonds is 3. The molecule has 1 aliphatic carbocycles. The zero-order valence-electron chi connectivity index (χ0n) is 9.99. The molecule has 0 spiro atoms. The lowest BCUT2D eigenvalue weighted by Crippen LogP contribution is -2.29. The third-order valence-corrected chi connectivity index (χ3v) is 4.00. The summed E-state index contributed by atoms with van der Waals surface area (Å²) in [4.78, 5) is 0. The number of anilines is 1. The van der Waals surface area contributed by atoms with Crippen LogP contribution in [-0.2, 0) is 4.74 Å². The molecule has 1 fully saturated rings. The summed E-state index contributed by atoms with van der Waals surface area (Å²) in [6.07, 6.45) is 5.03. The van der Waals surface area contributed by atoms with Crippen LogP contribution in [0.1, 0.15) is 25.7 Å². The lowest BCUT2D eigenvalue weighted by Gasteiger charge is -2.29. The summed E-state index contributed by atoms with van der Waals surface area (Å²) in [5.41, 5.74) is 6.50. The number of halogens is 1. The molecular formula is C13H18INO2. The van der Waals surface area contributed by atoms with Crippen molar-refractivity contribution >= 4 is 28.3 Å². The second-order valence-electron chi connectivity index (χ2n) is 4.45. The van der Waals surface area contributed by atoms with E-state index in [0.29, 0.717) is 6.10 Å². The first kappa shape index (κ1) is 13.0. The van der Waals surface area contributed by atoms with Gasteiger partial charge in [0.25, 0.3) is 0 Å². The zero-order chi connectivity index (χ0) is 12.3. The maximum Gasteiger partial charge on any atom is 0.133 e. The van der Waals surface area contributed by atoms with Crippen molar-refractivity contribution in [1.82, 2.24) is 0 Å². The Bertz CT molecular complexity index is 384. The van der Waals surface area contributed by atoms with Crippen LogP contribution in [0.15, 0.2) is 18.2 Å². The van der Waals surface area contributed by atoms with Gasteiger partial charge in [-0.1, -0.05) is 0 Å². The molecule has 4 heteroatoms.